The van der Waals surface area contributed by atoms with Crippen LogP contribution in [0.3, 0.4) is 0 Å². The van der Waals surface area contributed by atoms with E-state index in [2.05, 4.69) is 19.2 Å². The third-order valence-electron chi connectivity index (χ3n) is 4.04. The summed E-state index contributed by atoms with van der Waals surface area (Å²) in [7, 11) is 0. The van der Waals surface area contributed by atoms with Crippen molar-refractivity contribution >= 4 is 29.3 Å². The van der Waals surface area contributed by atoms with Gasteiger partial charge >= 0.3 is 5.97 Å². The Labute approximate surface area is 163 Å². The molecule has 2 aromatic rings. The molecule has 0 bridgehead atoms. The lowest BCUT2D eigenvalue weighted by Gasteiger charge is -2.12. The molecule has 7 nitrogen and oxygen atoms in total. The quantitative estimate of drug-likeness (QED) is 0.333. The SMILES string of the molecule is CC(OC(=O)/C=C/c1ccc(C(C)C)cc1)C(=O)Nc1ccccc1[N+](=O)[O-]. The zero-order valence-corrected chi connectivity index (χ0v) is 15.9. The number of anilines is 1. The number of amides is 1. The van der Waals surface area contributed by atoms with Gasteiger partial charge in [-0.2, -0.15) is 0 Å². The van der Waals surface area contributed by atoms with Gasteiger partial charge in [0.15, 0.2) is 6.10 Å². The molecule has 1 amide bonds. The van der Waals surface area contributed by atoms with Crippen molar-refractivity contribution in [2.75, 3.05) is 5.32 Å². The van der Waals surface area contributed by atoms with Gasteiger partial charge < -0.3 is 10.1 Å². The number of hydrogen-bond donors (Lipinski definition) is 1. The van der Waals surface area contributed by atoms with E-state index in [1.54, 1.807) is 12.1 Å². The second-order valence-corrected chi connectivity index (χ2v) is 6.50. The molecule has 1 atom stereocenters. The molecule has 146 valence electrons. The molecule has 28 heavy (non-hydrogen) atoms. The van der Waals surface area contributed by atoms with Crippen LogP contribution in [0.1, 0.15) is 37.8 Å². The Morgan fingerprint density at radius 1 is 1.07 bits per heavy atom. The Bertz CT molecular complexity index is 888. The minimum absolute atomic E-state index is 0.0428. The van der Waals surface area contributed by atoms with Crippen molar-refractivity contribution in [3.63, 3.8) is 0 Å². The number of nitrogens with one attached hydrogen (secondary N) is 1. The number of ether oxygens (including phenoxy) is 1. The van der Waals surface area contributed by atoms with Crippen molar-refractivity contribution in [1.29, 1.82) is 0 Å². The topological polar surface area (TPSA) is 98.5 Å². The van der Waals surface area contributed by atoms with Gasteiger partial charge in [-0.1, -0.05) is 50.2 Å². The molecule has 0 heterocycles. The van der Waals surface area contributed by atoms with E-state index in [-0.39, 0.29) is 11.4 Å². The zero-order valence-electron chi connectivity index (χ0n) is 15.9. The fourth-order valence-corrected chi connectivity index (χ4v) is 2.40. The molecule has 7 heteroatoms. The van der Waals surface area contributed by atoms with E-state index in [4.69, 9.17) is 4.74 Å². The van der Waals surface area contributed by atoms with E-state index in [1.165, 1.54) is 36.8 Å². The van der Waals surface area contributed by atoms with Gasteiger partial charge in [-0.15, -0.1) is 0 Å². The molecule has 0 aliphatic rings. The predicted octanol–water partition coefficient (Wildman–Crippen LogP) is 4.30. The minimum Gasteiger partial charge on any atom is -0.449 e. The van der Waals surface area contributed by atoms with Crippen LogP contribution < -0.4 is 5.32 Å². The molecule has 0 saturated carbocycles. The number of carbonyl (C=O) groups is 2. The van der Waals surface area contributed by atoms with Gasteiger partial charge in [0.1, 0.15) is 5.69 Å². The van der Waals surface area contributed by atoms with Crippen molar-refractivity contribution in [3.05, 3.63) is 75.8 Å². The second kappa shape index (κ2) is 9.45. The molecule has 0 aliphatic heterocycles. The number of nitro benzene ring substituents is 1. The summed E-state index contributed by atoms with van der Waals surface area (Å²) in [4.78, 5) is 34.5. The molecule has 0 fully saturated rings. The lowest BCUT2D eigenvalue weighted by Crippen LogP contribution is -2.29. The standard InChI is InChI=1S/C21H22N2O5/c1-14(2)17-11-8-16(9-12-17)10-13-20(24)28-15(3)21(25)22-18-6-4-5-7-19(18)23(26)27/h4-15H,1-3H3,(H,22,25)/b13-10+. The number of nitrogens with zero attached hydrogens (tertiary/aromatic N) is 1. The highest BCUT2D eigenvalue weighted by Crippen LogP contribution is 2.23. The van der Waals surface area contributed by atoms with Crippen molar-refractivity contribution in [2.45, 2.75) is 32.8 Å². The number of nitro groups is 1. The minimum atomic E-state index is -1.11. The van der Waals surface area contributed by atoms with Crippen molar-refractivity contribution in [1.82, 2.24) is 0 Å². The molecule has 0 saturated heterocycles. The van der Waals surface area contributed by atoms with E-state index < -0.39 is 22.9 Å². The summed E-state index contributed by atoms with van der Waals surface area (Å²) in [6, 6.07) is 13.5. The van der Waals surface area contributed by atoms with Gasteiger partial charge in [0.25, 0.3) is 11.6 Å². The summed E-state index contributed by atoms with van der Waals surface area (Å²) in [6.07, 6.45) is 1.72. The number of benzene rings is 2. The highest BCUT2D eigenvalue weighted by atomic mass is 16.6. The molecule has 0 spiro atoms. The summed E-state index contributed by atoms with van der Waals surface area (Å²) in [5.41, 5.74) is 1.83. The Balaban J connectivity index is 1.94. The Kier molecular flexibility index (Phi) is 7.03. The number of hydrogen-bond acceptors (Lipinski definition) is 5. The van der Waals surface area contributed by atoms with Gasteiger partial charge in [-0.25, -0.2) is 4.79 Å². The van der Waals surface area contributed by atoms with Crippen molar-refractivity contribution in [2.24, 2.45) is 0 Å². The molecule has 0 aromatic heterocycles. The van der Waals surface area contributed by atoms with Crippen LogP contribution in [0.15, 0.2) is 54.6 Å². The highest BCUT2D eigenvalue weighted by Gasteiger charge is 2.20. The summed E-state index contributed by atoms with van der Waals surface area (Å²) >= 11 is 0. The molecule has 0 radical (unpaired) electrons. The van der Waals surface area contributed by atoms with Gasteiger partial charge in [-0.05, 0) is 36.1 Å². The average molecular weight is 382 g/mol. The Hall–Kier alpha value is -3.48. The van der Waals surface area contributed by atoms with Crippen LogP contribution in [0.4, 0.5) is 11.4 Å². The Morgan fingerprint density at radius 2 is 1.71 bits per heavy atom. The Morgan fingerprint density at radius 3 is 2.32 bits per heavy atom. The van der Waals surface area contributed by atoms with Crippen LogP contribution in [-0.2, 0) is 14.3 Å². The normalized spacial score (nSPS) is 12.0. The summed E-state index contributed by atoms with van der Waals surface area (Å²) < 4.78 is 5.06. The highest BCUT2D eigenvalue weighted by molar-refractivity contribution is 5.98. The van der Waals surface area contributed by atoms with Gasteiger partial charge in [0, 0.05) is 12.1 Å². The van der Waals surface area contributed by atoms with Gasteiger partial charge in [-0.3, -0.25) is 14.9 Å². The average Bonchev–Trinajstić information content (AvgIpc) is 2.66. The summed E-state index contributed by atoms with van der Waals surface area (Å²) in [6.45, 7) is 5.59. The van der Waals surface area contributed by atoms with Crippen LogP contribution in [0.5, 0.6) is 0 Å². The van der Waals surface area contributed by atoms with Crippen LogP contribution in [-0.4, -0.2) is 22.9 Å². The molecule has 1 N–H and O–H groups in total. The fourth-order valence-electron chi connectivity index (χ4n) is 2.40. The smallest absolute Gasteiger partial charge is 0.331 e. The van der Waals surface area contributed by atoms with E-state index >= 15 is 0 Å². The molecule has 1 unspecified atom stereocenters. The second-order valence-electron chi connectivity index (χ2n) is 6.50. The fraction of sp³-hybridized carbons (Fsp3) is 0.238. The van der Waals surface area contributed by atoms with Crippen molar-refractivity contribution in [3.8, 4) is 0 Å². The largest absolute Gasteiger partial charge is 0.449 e. The van der Waals surface area contributed by atoms with Crippen LogP contribution in [0.25, 0.3) is 6.08 Å². The van der Waals surface area contributed by atoms with Crippen LogP contribution >= 0.6 is 0 Å². The monoisotopic (exact) mass is 382 g/mol. The molecular weight excluding hydrogens is 360 g/mol. The maximum atomic E-state index is 12.2. The summed E-state index contributed by atoms with van der Waals surface area (Å²) in [5.74, 6) is -0.918. The first-order valence-corrected chi connectivity index (χ1v) is 8.81. The van der Waals surface area contributed by atoms with E-state index in [1.807, 2.05) is 24.3 Å². The maximum Gasteiger partial charge on any atom is 0.331 e. The molecule has 0 aliphatic carbocycles. The zero-order chi connectivity index (χ0) is 20.7. The van der Waals surface area contributed by atoms with Gasteiger partial charge in [0.05, 0.1) is 4.92 Å². The van der Waals surface area contributed by atoms with Crippen molar-refractivity contribution < 1.29 is 19.2 Å². The molecule has 2 aromatic carbocycles. The van der Waals surface area contributed by atoms with E-state index in [0.29, 0.717) is 5.92 Å². The first-order valence-electron chi connectivity index (χ1n) is 8.81. The third kappa shape index (κ3) is 5.77. The summed E-state index contributed by atoms with van der Waals surface area (Å²) in [5, 5.41) is 13.4. The number of para-hydroxylation sites is 2. The first kappa shape index (κ1) is 20.8. The third-order valence-corrected chi connectivity index (χ3v) is 4.04. The number of carbonyl (C=O) groups excluding carboxylic acids is 2. The number of esters is 1. The number of rotatable bonds is 7. The molecule has 2 rings (SSSR count). The lowest BCUT2D eigenvalue weighted by atomic mass is 10.0. The lowest BCUT2D eigenvalue weighted by molar-refractivity contribution is -0.383. The van der Waals surface area contributed by atoms with Crippen LogP contribution in [0.2, 0.25) is 0 Å². The maximum absolute atomic E-state index is 12.2. The first-order chi connectivity index (χ1) is 13.3. The van der Waals surface area contributed by atoms with E-state index in [0.717, 1.165) is 5.56 Å². The predicted molar refractivity (Wildman–Crippen MR) is 107 cm³/mol. The van der Waals surface area contributed by atoms with Crippen LogP contribution in [0, 0.1) is 10.1 Å². The van der Waals surface area contributed by atoms with E-state index in [9.17, 15) is 19.7 Å². The molecular formula is C21H22N2O5. The van der Waals surface area contributed by atoms with Gasteiger partial charge in [0.2, 0.25) is 0 Å².